The van der Waals surface area contributed by atoms with Gasteiger partial charge in [0.1, 0.15) is 6.61 Å². The lowest BCUT2D eigenvalue weighted by atomic mass is 10.3. The summed E-state index contributed by atoms with van der Waals surface area (Å²) >= 11 is 0. The number of nitrogens with zero attached hydrogens (tertiary/aromatic N) is 2. The SMILES string of the molecule is C1=NCC(=NOCC2CC2)CN1. The zero-order valence-corrected chi connectivity index (χ0v) is 6.99. The summed E-state index contributed by atoms with van der Waals surface area (Å²) in [5, 5.41) is 6.99. The van der Waals surface area contributed by atoms with Crippen LogP contribution in [0.5, 0.6) is 0 Å². The van der Waals surface area contributed by atoms with Crippen molar-refractivity contribution in [3.05, 3.63) is 0 Å². The summed E-state index contributed by atoms with van der Waals surface area (Å²) in [5.74, 6) is 0.773. The zero-order chi connectivity index (χ0) is 8.23. The molecule has 2 rings (SSSR count). The Morgan fingerprint density at radius 2 is 2.58 bits per heavy atom. The molecule has 0 atom stereocenters. The Hall–Kier alpha value is -1.06. The number of nitrogens with one attached hydrogen (secondary N) is 1. The van der Waals surface area contributed by atoms with Gasteiger partial charge in [-0.05, 0) is 18.8 Å². The summed E-state index contributed by atoms with van der Waals surface area (Å²) in [6, 6.07) is 0. The molecule has 0 aromatic carbocycles. The Labute approximate surface area is 71.7 Å². The van der Waals surface area contributed by atoms with Crippen LogP contribution in [0.2, 0.25) is 0 Å². The lowest BCUT2D eigenvalue weighted by Gasteiger charge is -2.07. The van der Waals surface area contributed by atoms with Crippen molar-refractivity contribution in [2.75, 3.05) is 19.7 Å². The number of oxime groups is 1. The molecule has 1 aliphatic heterocycles. The Kier molecular flexibility index (Phi) is 2.25. The van der Waals surface area contributed by atoms with E-state index in [0.717, 1.165) is 24.8 Å². The summed E-state index contributed by atoms with van der Waals surface area (Å²) < 4.78 is 0. The topological polar surface area (TPSA) is 46.0 Å². The van der Waals surface area contributed by atoms with E-state index >= 15 is 0 Å². The fourth-order valence-corrected chi connectivity index (χ4v) is 1.01. The van der Waals surface area contributed by atoms with E-state index in [4.69, 9.17) is 4.84 Å². The molecule has 1 saturated carbocycles. The third kappa shape index (κ3) is 2.22. The molecule has 2 aliphatic rings. The van der Waals surface area contributed by atoms with Crippen molar-refractivity contribution in [2.24, 2.45) is 16.1 Å². The second-order valence-corrected chi connectivity index (χ2v) is 3.25. The lowest BCUT2D eigenvalue weighted by Crippen LogP contribution is -2.28. The molecule has 0 aromatic heterocycles. The summed E-state index contributed by atoms with van der Waals surface area (Å²) in [7, 11) is 0. The number of rotatable bonds is 3. The first-order chi connectivity index (χ1) is 5.95. The molecule has 1 fully saturated rings. The van der Waals surface area contributed by atoms with Crippen LogP contribution in [-0.2, 0) is 4.84 Å². The van der Waals surface area contributed by atoms with Gasteiger partial charge in [0.25, 0.3) is 0 Å². The van der Waals surface area contributed by atoms with Crippen LogP contribution in [0.15, 0.2) is 10.1 Å². The summed E-state index contributed by atoms with van der Waals surface area (Å²) in [4.78, 5) is 9.20. The van der Waals surface area contributed by atoms with Crippen LogP contribution >= 0.6 is 0 Å². The maximum atomic E-state index is 5.17. The molecule has 4 heteroatoms. The highest BCUT2D eigenvalue weighted by Crippen LogP contribution is 2.28. The van der Waals surface area contributed by atoms with E-state index in [0.29, 0.717) is 6.54 Å². The summed E-state index contributed by atoms with van der Waals surface area (Å²) in [6.45, 7) is 2.24. The van der Waals surface area contributed by atoms with Gasteiger partial charge in [0.05, 0.1) is 25.1 Å². The average Bonchev–Trinajstić information content (AvgIpc) is 2.90. The smallest absolute Gasteiger partial charge is 0.120 e. The molecule has 1 heterocycles. The van der Waals surface area contributed by atoms with Gasteiger partial charge in [-0.15, -0.1) is 0 Å². The highest BCUT2D eigenvalue weighted by atomic mass is 16.6. The molecule has 66 valence electrons. The molecule has 0 aromatic rings. The Morgan fingerprint density at radius 1 is 1.67 bits per heavy atom. The number of aliphatic imine (C=N–C) groups is 1. The molecule has 1 N–H and O–H groups in total. The molecular weight excluding hydrogens is 154 g/mol. The van der Waals surface area contributed by atoms with Crippen LogP contribution in [0.25, 0.3) is 0 Å². The van der Waals surface area contributed by atoms with Crippen LogP contribution in [0.4, 0.5) is 0 Å². The van der Waals surface area contributed by atoms with Crippen LogP contribution in [-0.4, -0.2) is 31.7 Å². The molecular formula is C8H13N3O. The molecule has 0 unspecified atom stereocenters. The molecule has 0 spiro atoms. The van der Waals surface area contributed by atoms with Crippen molar-refractivity contribution < 1.29 is 4.84 Å². The van der Waals surface area contributed by atoms with Crippen molar-refractivity contribution in [1.82, 2.24) is 5.32 Å². The predicted molar refractivity (Wildman–Crippen MR) is 47.5 cm³/mol. The molecule has 0 radical (unpaired) electrons. The second kappa shape index (κ2) is 3.56. The van der Waals surface area contributed by atoms with E-state index in [1.165, 1.54) is 12.8 Å². The first-order valence-electron chi connectivity index (χ1n) is 4.34. The standard InChI is InChI=1S/C8H13N3O/c1-2-7(1)5-12-11-8-3-9-6-10-4-8/h6-7H,1-5H2,(H,9,10). The maximum Gasteiger partial charge on any atom is 0.120 e. The van der Waals surface area contributed by atoms with Gasteiger partial charge < -0.3 is 10.2 Å². The molecule has 12 heavy (non-hydrogen) atoms. The second-order valence-electron chi connectivity index (χ2n) is 3.25. The Morgan fingerprint density at radius 3 is 3.25 bits per heavy atom. The van der Waals surface area contributed by atoms with E-state index < -0.39 is 0 Å². The van der Waals surface area contributed by atoms with Crippen molar-refractivity contribution in [3.8, 4) is 0 Å². The third-order valence-corrected chi connectivity index (χ3v) is 1.96. The van der Waals surface area contributed by atoms with Crippen LogP contribution in [0, 0.1) is 5.92 Å². The van der Waals surface area contributed by atoms with Gasteiger partial charge in [0.2, 0.25) is 0 Å². The van der Waals surface area contributed by atoms with Crippen LogP contribution in [0.3, 0.4) is 0 Å². The Balaban J connectivity index is 1.70. The minimum atomic E-state index is 0.678. The van der Waals surface area contributed by atoms with Crippen molar-refractivity contribution in [1.29, 1.82) is 0 Å². The number of hydrogen-bond acceptors (Lipinski definition) is 4. The van der Waals surface area contributed by atoms with Gasteiger partial charge in [-0.3, -0.25) is 4.99 Å². The molecule has 0 saturated heterocycles. The van der Waals surface area contributed by atoms with Crippen molar-refractivity contribution >= 4 is 12.1 Å². The van der Waals surface area contributed by atoms with E-state index in [-0.39, 0.29) is 0 Å². The molecule has 4 nitrogen and oxygen atoms in total. The van der Waals surface area contributed by atoms with Crippen molar-refractivity contribution in [3.63, 3.8) is 0 Å². The van der Waals surface area contributed by atoms with Gasteiger partial charge in [-0.1, -0.05) is 5.16 Å². The molecule has 1 aliphatic carbocycles. The summed E-state index contributed by atoms with van der Waals surface area (Å²) in [6.07, 6.45) is 4.32. The molecule has 0 amide bonds. The van der Waals surface area contributed by atoms with Gasteiger partial charge in [-0.25, -0.2) is 0 Å². The van der Waals surface area contributed by atoms with Gasteiger partial charge in [0.15, 0.2) is 0 Å². The van der Waals surface area contributed by atoms with E-state index in [9.17, 15) is 0 Å². The van der Waals surface area contributed by atoms with Gasteiger partial charge in [0, 0.05) is 0 Å². The van der Waals surface area contributed by atoms with Gasteiger partial charge in [-0.2, -0.15) is 0 Å². The molecule has 0 bridgehead atoms. The summed E-state index contributed by atoms with van der Waals surface area (Å²) in [5.41, 5.74) is 0.984. The quantitative estimate of drug-likeness (QED) is 0.618. The minimum Gasteiger partial charge on any atom is -0.395 e. The van der Waals surface area contributed by atoms with Crippen molar-refractivity contribution in [2.45, 2.75) is 12.8 Å². The van der Waals surface area contributed by atoms with E-state index in [1.807, 2.05) is 0 Å². The lowest BCUT2D eigenvalue weighted by molar-refractivity contribution is 0.133. The minimum absolute atomic E-state index is 0.678. The predicted octanol–water partition coefficient (Wildman–Crippen LogP) is 0.400. The fourth-order valence-electron chi connectivity index (χ4n) is 1.01. The Bertz CT molecular complexity index is 208. The monoisotopic (exact) mass is 167 g/mol. The average molecular weight is 167 g/mol. The highest BCUT2D eigenvalue weighted by Gasteiger charge is 2.21. The highest BCUT2D eigenvalue weighted by molar-refractivity contribution is 5.92. The van der Waals surface area contributed by atoms with Gasteiger partial charge >= 0.3 is 0 Å². The van der Waals surface area contributed by atoms with Crippen LogP contribution < -0.4 is 5.32 Å². The normalized spacial score (nSPS) is 25.5. The largest absolute Gasteiger partial charge is 0.395 e. The fraction of sp³-hybridized carbons (Fsp3) is 0.750. The van der Waals surface area contributed by atoms with Crippen LogP contribution in [0.1, 0.15) is 12.8 Å². The maximum absolute atomic E-state index is 5.17. The zero-order valence-electron chi connectivity index (χ0n) is 6.99. The van der Waals surface area contributed by atoms with E-state index in [2.05, 4.69) is 15.5 Å². The first kappa shape index (κ1) is 7.58. The van der Waals surface area contributed by atoms with E-state index in [1.54, 1.807) is 6.34 Å². The third-order valence-electron chi connectivity index (χ3n) is 1.96. The number of hydrogen-bond donors (Lipinski definition) is 1. The first-order valence-corrected chi connectivity index (χ1v) is 4.34.